The first-order chi connectivity index (χ1) is 10.3. The number of H-pyrrole nitrogens is 1. The molecule has 2 rings (SSSR count). The van der Waals surface area contributed by atoms with Gasteiger partial charge in [0.2, 0.25) is 0 Å². The highest BCUT2D eigenvalue weighted by atomic mass is 79.9. The van der Waals surface area contributed by atoms with Crippen LogP contribution in [0.2, 0.25) is 0 Å². The van der Waals surface area contributed by atoms with Crippen LogP contribution in [0.1, 0.15) is 11.1 Å². The molecule has 114 valence electrons. The molecule has 22 heavy (non-hydrogen) atoms. The van der Waals surface area contributed by atoms with E-state index >= 15 is 0 Å². The molecule has 4 nitrogen and oxygen atoms in total. The van der Waals surface area contributed by atoms with Crippen LogP contribution in [0.4, 0.5) is 13.2 Å². The van der Waals surface area contributed by atoms with Crippen LogP contribution >= 0.6 is 27.7 Å². The highest BCUT2D eigenvalue weighted by molar-refractivity contribution is 9.10. The van der Waals surface area contributed by atoms with Gasteiger partial charge in [0.05, 0.1) is 11.3 Å². The molecular weight excluding hydrogens is 383 g/mol. The quantitative estimate of drug-likeness (QED) is 0.626. The van der Waals surface area contributed by atoms with Crippen molar-refractivity contribution < 1.29 is 13.2 Å². The Hall–Kier alpha value is -1.79. The molecular formula is C13H7BrF3N3OS. The molecule has 0 saturated heterocycles. The number of thioether (sulfide) groups is 1. The fraction of sp³-hybridized carbons (Fsp3) is 0.154. The van der Waals surface area contributed by atoms with Gasteiger partial charge >= 0.3 is 6.18 Å². The molecule has 0 aliphatic carbocycles. The molecule has 9 heteroatoms. The van der Waals surface area contributed by atoms with Crippen molar-refractivity contribution >= 4 is 27.7 Å². The summed E-state index contributed by atoms with van der Waals surface area (Å²) in [6.07, 6.45) is -2.90. The normalized spacial score (nSPS) is 11.3. The first-order valence-electron chi connectivity index (χ1n) is 5.73. The maximum Gasteiger partial charge on any atom is 0.416 e. The Balaban J connectivity index is 2.77. The number of nitrogens with one attached hydrogen (secondary N) is 1. The molecule has 0 aliphatic heterocycles. The van der Waals surface area contributed by atoms with Crippen molar-refractivity contribution in [3.63, 3.8) is 0 Å². The van der Waals surface area contributed by atoms with Gasteiger partial charge in [-0.15, -0.1) is 0 Å². The smallest absolute Gasteiger partial charge is 0.300 e. The van der Waals surface area contributed by atoms with E-state index < -0.39 is 17.3 Å². The van der Waals surface area contributed by atoms with Gasteiger partial charge < -0.3 is 4.98 Å². The molecule has 0 fully saturated rings. The lowest BCUT2D eigenvalue weighted by atomic mass is 10.0. The van der Waals surface area contributed by atoms with Crippen molar-refractivity contribution in [2.45, 2.75) is 11.3 Å². The number of nitrogens with zero attached hydrogens (tertiary/aromatic N) is 2. The summed E-state index contributed by atoms with van der Waals surface area (Å²) in [6, 6.07) is 4.83. The Labute approximate surface area is 135 Å². The molecule has 0 radical (unpaired) electrons. The topological polar surface area (TPSA) is 69.5 Å². The number of aromatic amines is 1. The van der Waals surface area contributed by atoms with Crippen LogP contribution in [-0.4, -0.2) is 16.2 Å². The molecule has 0 spiro atoms. The van der Waals surface area contributed by atoms with Crippen molar-refractivity contribution in [3.8, 4) is 17.3 Å². The fourth-order valence-electron chi connectivity index (χ4n) is 1.75. The van der Waals surface area contributed by atoms with Crippen molar-refractivity contribution in [1.82, 2.24) is 9.97 Å². The van der Waals surface area contributed by atoms with E-state index in [4.69, 9.17) is 5.26 Å². The van der Waals surface area contributed by atoms with Crippen molar-refractivity contribution in [2.75, 3.05) is 6.26 Å². The second-order valence-corrected chi connectivity index (χ2v) is 5.85. The molecule has 1 aromatic carbocycles. The van der Waals surface area contributed by atoms with Crippen molar-refractivity contribution in [2.24, 2.45) is 0 Å². The molecule has 2 aromatic rings. The number of alkyl halides is 3. The zero-order chi connectivity index (χ0) is 16.5. The van der Waals surface area contributed by atoms with Gasteiger partial charge in [0, 0.05) is 10.0 Å². The molecule has 1 heterocycles. The third-order valence-electron chi connectivity index (χ3n) is 2.70. The van der Waals surface area contributed by atoms with Gasteiger partial charge in [0.25, 0.3) is 5.56 Å². The number of aromatic nitrogens is 2. The van der Waals surface area contributed by atoms with Gasteiger partial charge in [-0.25, -0.2) is 4.98 Å². The Bertz CT molecular complexity index is 827. The standard InChI is InChI=1S/C13H7BrF3N3OS/c1-22-12-19-10(9(5-18)11(21)20-12)6-2-7(13(15,16)17)4-8(14)3-6/h2-4H,1H3,(H,19,20,21). The van der Waals surface area contributed by atoms with Gasteiger partial charge in [-0.05, 0) is 24.5 Å². The van der Waals surface area contributed by atoms with E-state index in [9.17, 15) is 18.0 Å². The number of rotatable bonds is 2. The maximum absolute atomic E-state index is 12.9. The third kappa shape index (κ3) is 3.34. The van der Waals surface area contributed by atoms with E-state index in [1.165, 1.54) is 6.07 Å². The van der Waals surface area contributed by atoms with E-state index in [1.807, 2.05) is 0 Å². The summed E-state index contributed by atoms with van der Waals surface area (Å²) in [6.45, 7) is 0. The predicted octanol–water partition coefficient (Wildman–Crippen LogP) is 3.81. The fourth-order valence-corrected chi connectivity index (χ4v) is 2.62. The van der Waals surface area contributed by atoms with Crippen LogP contribution in [0.3, 0.4) is 0 Å². The Morgan fingerprint density at radius 2 is 2.05 bits per heavy atom. The molecule has 1 aromatic heterocycles. The van der Waals surface area contributed by atoms with E-state index in [0.29, 0.717) is 0 Å². The molecule has 0 saturated carbocycles. The van der Waals surface area contributed by atoms with E-state index in [1.54, 1.807) is 12.3 Å². The molecule has 0 unspecified atom stereocenters. The van der Waals surface area contributed by atoms with Gasteiger partial charge in [0.1, 0.15) is 11.6 Å². The second kappa shape index (κ2) is 6.14. The van der Waals surface area contributed by atoms with E-state index in [0.717, 1.165) is 23.9 Å². The molecule has 0 aliphatic rings. The largest absolute Gasteiger partial charge is 0.416 e. The zero-order valence-corrected chi connectivity index (χ0v) is 13.4. The van der Waals surface area contributed by atoms with Crippen LogP contribution in [0.25, 0.3) is 11.3 Å². The molecule has 1 N–H and O–H groups in total. The summed E-state index contributed by atoms with van der Waals surface area (Å²) in [4.78, 5) is 18.3. The average molecular weight is 390 g/mol. The molecule has 0 amide bonds. The molecule has 0 atom stereocenters. The second-order valence-electron chi connectivity index (χ2n) is 4.14. The van der Waals surface area contributed by atoms with Crippen LogP contribution in [-0.2, 0) is 6.18 Å². The number of hydrogen-bond donors (Lipinski definition) is 1. The van der Waals surface area contributed by atoms with Gasteiger partial charge in [-0.1, -0.05) is 27.7 Å². The maximum atomic E-state index is 12.9. The number of benzene rings is 1. The van der Waals surface area contributed by atoms with Gasteiger partial charge in [-0.3, -0.25) is 4.79 Å². The highest BCUT2D eigenvalue weighted by Gasteiger charge is 2.31. The first kappa shape index (κ1) is 16.6. The monoisotopic (exact) mass is 389 g/mol. The van der Waals surface area contributed by atoms with Crippen LogP contribution in [0.5, 0.6) is 0 Å². The minimum Gasteiger partial charge on any atom is -0.300 e. The first-order valence-corrected chi connectivity index (χ1v) is 7.74. The summed E-state index contributed by atoms with van der Waals surface area (Å²) < 4.78 is 38.9. The van der Waals surface area contributed by atoms with E-state index in [2.05, 4.69) is 25.9 Å². The van der Waals surface area contributed by atoms with Gasteiger partial charge in [-0.2, -0.15) is 18.4 Å². The highest BCUT2D eigenvalue weighted by Crippen LogP contribution is 2.35. The summed E-state index contributed by atoms with van der Waals surface area (Å²) in [7, 11) is 0. The minimum atomic E-state index is -4.55. The Kier molecular flexibility index (Phi) is 4.63. The average Bonchev–Trinajstić information content (AvgIpc) is 2.44. The lowest BCUT2D eigenvalue weighted by molar-refractivity contribution is -0.137. The lowest BCUT2D eigenvalue weighted by Gasteiger charge is -2.11. The lowest BCUT2D eigenvalue weighted by Crippen LogP contribution is -2.15. The van der Waals surface area contributed by atoms with Crippen LogP contribution < -0.4 is 5.56 Å². The van der Waals surface area contributed by atoms with Gasteiger partial charge in [0.15, 0.2) is 5.16 Å². The van der Waals surface area contributed by atoms with Crippen molar-refractivity contribution in [1.29, 1.82) is 5.26 Å². The Morgan fingerprint density at radius 3 is 2.59 bits per heavy atom. The minimum absolute atomic E-state index is 0.0413. The number of halogens is 4. The molecule has 0 bridgehead atoms. The summed E-state index contributed by atoms with van der Waals surface area (Å²) in [5.41, 5.74) is -1.95. The third-order valence-corrected chi connectivity index (χ3v) is 3.74. The SMILES string of the molecule is CSc1nc(-c2cc(Br)cc(C(F)(F)F)c2)c(C#N)c(=O)[nH]1. The van der Waals surface area contributed by atoms with Crippen molar-refractivity contribution in [3.05, 3.63) is 44.2 Å². The van der Waals surface area contributed by atoms with Crippen LogP contribution in [0.15, 0.2) is 32.6 Å². The summed E-state index contributed by atoms with van der Waals surface area (Å²) in [5, 5.41) is 9.29. The Morgan fingerprint density at radius 1 is 1.36 bits per heavy atom. The van der Waals surface area contributed by atoms with Crippen LogP contribution in [0, 0.1) is 11.3 Å². The summed E-state index contributed by atoms with van der Waals surface area (Å²) >= 11 is 4.12. The van der Waals surface area contributed by atoms with E-state index in [-0.39, 0.29) is 26.4 Å². The zero-order valence-electron chi connectivity index (χ0n) is 11.0. The predicted molar refractivity (Wildman–Crippen MR) is 79.5 cm³/mol. The summed E-state index contributed by atoms with van der Waals surface area (Å²) in [5.74, 6) is 0. The number of nitriles is 1. The number of hydrogen-bond acceptors (Lipinski definition) is 4.